The van der Waals surface area contributed by atoms with Crippen molar-refractivity contribution in [2.75, 3.05) is 12.0 Å². The molecular formula is C26H23NO7. The number of hydrogen-bond acceptors (Lipinski definition) is 7. The molecule has 1 saturated heterocycles. The lowest BCUT2D eigenvalue weighted by atomic mass is 9.99. The molecule has 1 atom stereocenters. The van der Waals surface area contributed by atoms with Gasteiger partial charge in [-0.3, -0.25) is 14.5 Å². The van der Waals surface area contributed by atoms with Crippen molar-refractivity contribution in [3.8, 4) is 5.75 Å². The van der Waals surface area contributed by atoms with E-state index in [0.717, 1.165) is 0 Å². The summed E-state index contributed by atoms with van der Waals surface area (Å²) < 4.78 is 16.0. The minimum atomic E-state index is -1.04. The summed E-state index contributed by atoms with van der Waals surface area (Å²) in [6.45, 7) is 3.74. The minimum absolute atomic E-state index is 0.0896. The van der Waals surface area contributed by atoms with Crippen molar-refractivity contribution in [1.29, 1.82) is 0 Å². The van der Waals surface area contributed by atoms with Crippen LogP contribution in [-0.4, -0.2) is 36.0 Å². The summed E-state index contributed by atoms with van der Waals surface area (Å²) in [5.41, 5.74) is 0.669. The average molecular weight is 461 g/mol. The second-order valence-corrected chi connectivity index (χ2v) is 7.92. The second kappa shape index (κ2) is 9.27. The van der Waals surface area contributed by atoms with Crippen LogP contribution >= 0.6 is 0 Å². The van der Waals surface area contributed by atoms with Gasteiger partial charge in [-0.2, -0.15) is 0 Å². The summed E-state index contributed by atoms with van der Waals surface area (Å²) in [5.74, 6) is -1.90. The van der Waals surface area contributed by atoms with E-state index in [0.29, 0.717) is 11.3 Å². The van der Waals surface area contributed by atoms with Crippen LogP contribution in [0.2, 0.25) is 0 Å². The van der Waals surface area contributed by atoms with E-state index in [9.17, 15) is 19.5 Å². The van der Waals surface area contributed by atoms with Crippen LogP contribution in [0, 0.1) is 0 Å². The Morgan fingerprint density at radius 3 is 2.44 bits per heavy atom. The Balaban J connectivity index is 1.87. The lowest BCUT2D eigenvalue weighted by Crippen LogP contribution is -2.29. The zero-order valence-corrected chi connectivity index (χ0v) is 18.8. The van der Waals surface area contributed by atoms with Crippen LogP contribution in [0.3, 0.4) is 0 Å². The Labute approximate surface area is 196 Å². The van der Waals surface area contributed by atoms with Crippen LogP contribution in [0.1, 0.15) is 41.6 Å². The molecular weight excluding hydrogens is 438 g/mol. The maximum atomic E-state index is 13.2. The molecule has 4 rings (SSSR count). The van der Waals surface area contributed by atoms with Crippen molar-refractivity contribution in [2.45, 2.75) is 26.0 Å². The predicted molar refractivity (Wildman–Crippen MR) is 123 cm³/mol. The highest BCUT2D eigenvalue weighted by Crippen LogP contribution is 2.42. The van der Waals surface area contributed by atoms with E-state index in [-0.39, 0.29) is 34.4 Å². The first-order valence-corrected chi connectivity index (χ1v) is 10.6. The number of methoxy groups -OCH3 is 1. The fourth-order valence-electron chi connectivity index (χ4n) is 3.86. The Morgan fingerprint density at radius 1 is 1.03 bits per heavy atom. The lowest BCUT2D eigenvalue weighted by Gasteiger charge is -2.23. The van der Waals surface area contributed by atoms with Gasteiger partial charge in [0, 0.05) is 11.3 Å². The topological polar surface area (TPSA) is 106 Å². The van der Waals surface area contributed by atoms with E-state index >= 15 is 0 Å². The van der Waals surface area contributed by atoms with Crippen LogP contribution in [0.5, 0.6) is 5.75 Å². The standard InChI is InChI=1S/C26H23NO7/c1-15(2)34-19-10-5-7-16(14-19)23(28)21-22(20-11-6-12-33-20)27(25(30)24(21)29)18-9-4-8-17(13-18)26(31)32-3/h4-15,22,28H,1-3H3/b23-21-. The largest absolute Gasteiger partial charge is 0.507 e. The first kappa shape index (κ1) is 22.8. The second-order valence-electron chi connectivity index (χ2n) is 7.92. The van der Waals surface area contributed by atoms with Crippen molar-refractivity contribution in [3.63, 3.8) is 0 Å². The van der Waals surface area contributed by atoms with E-state index in [4.69, 9.17) is 13.9 Å². The van der Waals surface area contributed by atoms with E-state index in [2.05, 4.69) is 0 Å². The maximum Gasteiger partial charge on any atom is 0.337 e. The third kappa shape index (κ3) is 4.17. The van der Waals surface area contributed by atoms with Gasteiger partial charge in [0.15, 0.2) is 0 Å². The maximum absolute atomic E-state index is 13.2. The highest BCUT2D eigenvalue weighted by atomic mass is 16.5. The van der Waals surface area contributed by atoms with Crippen LogP contribution in [-0.2, 0) is 14.3 Å². The van der Waals surface area contributed by atoms with Gasteiger partial charge >= 0.3 is 5.97 Å². The first-order chi connectivity index (χ1) is 16.3. The van der Waals surface area contributed by atoms with Gasteiger partial charge in [-0.1, -0.05) is 18.2 Å². The molecule has 1 N–H and O–H groups in total. The number of Topliss-reactive ketones (excluding diaryl/α,β-unsaturated/α-hetero) is 1. The zero-order valence-electron chi connectivity index (χ0n) is 18.8. The van der Waals surface area contributed by atoms with Crippen molar-refractivity contribution in [3.05, 3.63) is 89.4 Å². The number of nitrogens with zero attached hydrogens (tertiary/aromatic N) is 1. The number of hydrogen-bond donors (Lipinski definition) is 1. The van der Waals surface area contributed by atoms with E-state index in [1.165, 1.54) is 30.4 Å². The van der Waals surface area contributed by atoms with Gasteiger partial charge in [-0.15, -0.1) is 0 Å². The van der Waals surface area contributed by atoms with Gasteiger partial charge in [0.1, 0.15) is 23.3 Å². The van der Waals surface area contributed by atoms with Gasteiger partial charge in [0.05, 0.1) is 30.6 Å². The third-order valence-electron chi connectivity index (χ3n) is 5.28. The summed E-state index contributed by atoms with van der Waals surface area (Å²) in [5, 5.41) is 11.2. The molecule has 0 saturated carbocycles. The molecule has 2 aromatic carbocycles. The van der Waals surface area contributed by atoms with E-state index in [1.807, 2.05) is 13.8 Å². The summed E-state index contributed by atoms with van der Waals surface area (Å²) >= 11 is 0. The monoisotopic (exact) mass is 461 g/mol. The summed E-state index contributed by atoms with van der Waals surface area (Å²) in [6.07, 6.45) is 1.32. The number of carbonyl (C=O) groups excluding carboxylic acids is 3. The van der Waals surface area contributed by atoms with Crippen LogP contribution in [0.25, 0.3) is 5.76 Å². The number of anilines is 1. The van der Waals surface area contributed by atoms with Gasteiger partial charge in [-0.05, 0) is 56.3 Å². The number of ketones is 1. The molecule has 0 aliphatic carbocycles. The SMILES string of the molecule is COC(=O)c1cccc(N2C(=O)C(=O)/C(=C(\O)c3cccc(OC(C)C)c3)C2c2ccco2)c1. The molecule has 1 amide bonds. The molecule has 8 nitrogen and oxygen atoms in total. The first-order valence-electron chi connectivity index (χ1n) is 10.6. The highest BCUT2D eigenvalue weighted by molar-refractivity contribution is 6.51. The molecule has 0 spiro atoms. The number of aliphatic hydroxyl groups excluding tert-OH is 1. The van der Waals surface area contributed by atoms with Gasteiger partial charge in [0.2, 0.25) is 0 Å². The number of esters is 1. The van der Waals surface area contributed by atoms with Crippen molar-refractivity contribution >= 4 is 29.1 Å². The summed E-state index contributed by atoms with van der Waals surface area (Å²) in [7, 11) is 1.25. The number of carbonyl (C=O) groups is 3. The lowest BCUT2D eigenvalue weighted by molar-refractivity contribution is -0.132. The number of benzene rings is 2. The average Bonchev–Trinajstić information content (AvgIpc) is 3.45. The number of aliphatic hydroxyl groups is 1. The highest BCUT2D eigenvalue weighted by Gasteiger charge is 2.48. The quantitative estimate of drug-likeness (QED) is 0.250. The van der Waals surface area contributed by atoms with Gasteiger partial charge < -0.3 is 19.0 Å². The molecule has 1 aliphatic heterocycles. The molecule has 1 aliphatic rings. The summed E-state index contributed by atoms with van der Waals surface area (Å²) in [6, 6.07) is 15.0. The zero-order chi connectivity index (χ0) is 24.4. The third-order valence-corrected chi connectivity index (χ3v) is 5.28. The van der Waals surface area contributed by atoms with Gasteiger partial charge in [0.25, 0.3) is 11.7 Å². The number of amides is 1. The van der Waals surface area contributed by atoms with Crippen molar-refractivity contribution in [1.82, 2.24) is 0 Å². The van der Waals surface area contributed by atoms with Crippen molar-refractivity contribution < 1.29 is 33.4 Å². The minimum Gasteiger partial charge on any atom is -0.507 e. The molecule has 0 radical (unpaired) electrons. The molecule has 1 aromatic heterocycles. The molecule has 2 heterocycles. The number of furan rings is 1. The Hall–Kier alpha value is -4.33. The fourth-order valence-corrected chi connectivity index (χ4v) is 3.86. The molecule has 8 heteroatoms. The van der Waals surface area contributed by atoms with Crippen molar-refractivity contribution in [2.24, 2.45) is 0 Å². The molecule has 3 aromatic rings. The van der Waals surface area contributed by atoms with E-state index in [1.54, 1.807) is 48.5 Å². The Kier molecular flexibility index (Phi) is 6.23. The predicted octanol–water partition coefficient (Wildman–Crippen LogP) is 4.48. The fraction of sp³-hybridized carbons (Fsp3) is 0.192. The smallest absolute Gasteiger partial charge is 0.337 e. The molecule has 1 unspecified atom stereocenters. The summed E-state index contributed by atoms with van der Waals surface area (Å²) in [4.78, 5) is 39.6. The van der Waals surface area contributed by atoms with Crippen LogP contribution in [0.15, 0.2) is 76.9 Å². The Bertz CT molecular complexity index is 1270. The van der Waals surface area contributed by atoms with Crippen LogP contribution in [0.4, 0.5) is 5.69 Å². The van der Waals surface area contributed by atoms with E-state index < -0.39 is 23.7 Å². The van der Waals surface area contributed by atoms with Crippen LogP contribution < -0.4 is 9.64 Å². The number of rotatable bonds is 6. The molecule has 174 valence electrons. The molecule has 0 bridgehead atoms. The van der Waals surface area contributed by atoms with Gasteiger partial charge in [-0.25, -0.2) is 4.79 Å². The number of ether oxygens (including phenoxy) is 2. The Morgan fingerprint density at radius 2 is 1.76 bits per heavy atom. The normalized spacial score (nSPS) is 17.3. The molecule has 34 heavy (non-hydrogen) atoms. The molecule has 1 fully saturated rings.